The maximum Gasteiger partial charge on any atom is 0.226 e. The summed E-state index contributed by atoms with van der Waals surface area (Å²) in [6.45, 7) is 5.27. The summed E-state index contributed by atoms with van der Waals surface area (Å²) in [5.74, 6) is 1.04. The molecule has 1 atom stereocenters. The normalized spacial score (nSPS) is 17.7. The summed E-state index contributed by atoms with van der Waals surface area (Å²) in [5.41, 5.74) is 0.861. The first-order valence-electron chi connectivity index (χ1n) is 6.70. The van der Waals surface area contributed by atoms with Crippen LogP contribution in [-0.2, 0) is 11.2 Å². The zero-order valence-electron chi connectivity index (χ0n) is 11.8. The van der Waals surface area contributed by atoms with Crippen LogP contribution in [0.25, 0.3) is 0 Å². The van der Waals surface area contributed by atoms with E-state index in [1.807, 2.05) is 32.0 Å². The van der Waals surface area contributed by atoms with E-state index >= 15 is 0 Å². The highest BCUT2D eigenvalue weighted by Gasteiger charge is 2.27. The van der Waals surface area contributed by atoms with E-state index in [0.29, 0.717) is 6.54 Å². The number of amides is 1. The Morgan fingerprint density at radius 2 is 2.16 bits per heavy atom. The van der Waals surface area contributed by atoms with Gasteiger partial charge in [0, 0.05) is 26.6 Å². The van der Waals surface area contributed by atoms with Gasteiger partial charge in [0.2, 0.25) is 5.91 Å². The van der Waals surface area contributed by atoms with Gasteiger partial charge in [-0.3, -0.25) is 4.79 Å². The van der Waals surface area contributed by atoms with Gasteiger partial charge in [-0.25, -0.2) is 0 Å². The predicted molar refractivity (Wildman–Crippen MR) is 75.3 cm³/mol. The van der Waals surface area contributed by atoms with Crippen molar-refractivity contribution in [3.05, 3.63) is 29.8 Å². The number of benzene rings is 1. The summed E-state index contributed by atoms with van der Waals surface area (Å²) in [4.78, 5) is 11.7. The zero-order valence-corrected chi connectivity index (χ0v) is 11.8. The lowest BCUT2D eigenvalue weighted by molar-refractivity contribution is -0.128. The van der Waals surface area contributed by atoms with Crippen LogP contribution in [0, 0.1) is 5.41 Å². The maximum atomic E-state index is 11.7. The average Bonchev–Trinajstić information content (AvgIpc) is 2.80. The van der Waals surface area contributed by atoms with Crippen molar-refractivity contribution in [2.45, 2.75) is 26.4 Å². The minimum atomic E-state index is -0.403. The van der Waals surface area contributed by atoms with Crippen LogP contribution in [0.15, 0.2) is 24.3 Å². The number of carbonyl (C=O) groups is 1. The van der Waals surface area contributed by atoms with Gasteiger partial charge in [0.05, 0.1) is 5.41 Å². The van der Waals surface area contributed by atoms with E-state index in [-0.39, 0.29) is 12.0 Å². The van der Waals surface area contributed by atoms with Gasteiger partial charge in [-0.15, -0.1) is 0 Å². The van der Waals surface area contributed by atoms with Crippen LogP contribution in [0.4, 0.5) is 0 Å². The summed E-state index contributed by atoms with van der Waals surface area (Å²) in [7, 11) is 1.67. The molecule has 1 aromatic rings. The number of ether oxygens (including phenoxy) is 1. The second-order valence-corrected chi connectivity index (χ2v) is 5.65. The maximum absolute atomic E-state index is 11.7. The second kappa shape index (κ2) is 5.61. The van der Waals surface area contributed by atoms with Crippen molar-refractivity contribution in [2.75, 3.05) is 20.1 Å². The fourth-order valence-corrected chi connectivity index (χ4v) is 2.33. The lowest BCUT2D eigenvalue weighted by atomic mass is 9.92. The Labute approximate surface area is 114 Å². The van der Waals surface area contributed by atoms with E-state index in [2.05, 4.69) is 16.7 Å². The van der Waals surface area contributed by atoms with Crippen molar-refractivity contribution in [3.8, 4) is 5.75 Å². The van der Waals surface area contributed by atoms with Gasteiger partial charge >= 0.3 is 0 Å². The summed E-state index contributed by atoms with van der Waals surface area (Å²) in [5, 5.41) is 6.02. The molecular weight excluding hydrogens is 240 g/mol. The van der Waals surface area contributed by atoms with Crippen molar-refractivity contribution < 1.29 is 9.53 Å². The van der Waals surface area contributed by atoms with E-state index < -0.39 is 5.41 Å². The molecule has 1 heterocycles. The third kappa shape index (κ3) is 3.26. The molecule has 0 radical (unpaired) electrons. The first kappa shape index (κ1) is 13.9. The molecule has 0 spiro atoms. The molecule has 1 aliphatic rings. The van der Waals surface area contributed by atoms with Crippen LogP contribution in [0.1, 0.15) is 19.4 Å². The Morgan fingerprint density at radius 3 is 2.84 bits per heavy atom. The molecule has 1 unspecified atom stereocenters. The Hall–Kier alpha value is -1.55. The van der Waals surface area contributed by atoms with Crippen LogP contribution >= 0.6 is 0 Å². The lowest BCUT2D eigenvalue weighted by Gasteiger charge is -2.23. The summed E-state index contributed by atoms with van der Waals surface area (Å²) >= 11 is 0. The molecule has 104 valence electrons. The average molecular weight is 262 g/mol. The Balaban J connectivity index is 1.78. The minimum Gasteiger partial charge on any atom is -0.488 e. The number of carbonyl (C=O) groups excluding carboxylic acids is 1. The number of hydrogen-bond acceptors (Lipinski definition) is 3. The second-order valence-electron chi connectivity index (χ2n) is 5.65. The molecule has 4 nitrogen and oxygen atoms in total. The summed E-state index contributed by atoms with van der Waals surface area (Å²) < 4.78 is 5.85. The van der Waals surface area contributed by atoms with E-state index in [4.69, 9.17) is 4.74 Å². The van der Waals surface area contributed by atoms with Crippen LogP contribution in [0.3, 0.4) is 0 Å². The highest BCUT2D eigenvalue weighted by molar-refractivity contribution is 5.81. The Kier molecular flexibility index (Phi) is 4.10. The third-order valence-electron chi connectivity index (χ3n) is 3.49. The number of nitrogens with one attached hydrogen (secondary N) is 2. The first-order chi connectivity index (χ1) is 9.03. The van der Waals surface area contributed by atoms with Crippen molar-refractivity contribution in [3.63, 3.8) is 0 Å². The first-order valence-corrected chi connectivity index (χ1v) is 6.70. The summed E-state index contributed by atoms with van der Waals surface area (Å²) in [6, 6.07) is 8.13. The number of hydrogen-bond donors (Lipinski definition) is 2. The molecule has 19 heavy (non-hydrogen) atoms. The standard InChI is InChI=1S/C15H22N2O2/c1-15(2,14(18)16-3)10-17-9-12-8-11-6-4-5-7-13(11)19-12/h4-7,12,17H,8-10H2,1-3H3,(H,16,18). The number of rotatable bonds is 5. The summed E-state index contributed by atoms with van der Waals surface area (Å²) in [6.07, 6.45) is 1.10. The predicted octanol–water partition coefficient (Wildman–Crippen LogP) is 1.35. The van der Waals surface area contributed by atoms with Gasteiger partial charge in [0.15, 0.2) is 0 Å². The molecule has 4 heteroatoms. The van der Waals surface area contributed by atoms with Crippen molar-refractivity contribution in [2.24, 2.45) is 5.41 Å². The molecule has 0 aliphatic carbocycles. The topological polar surface area (TPSA) is 50.4 Å². The van der Waals surface area contributed by atoms with Crippen molar-refractivity contribution in [1.29, 1.82) is 0 Å². The largest absolute Gasteiger partial charge is 0.488 e. The van der Waals surface area contributed by atoms with Gasteiger partial charge in [-0.2, -0.15) is 0 Å². The number of fused-ring (bicyclic) bond motifs is 1. The van der Waals surface area contributed by atoms with Crippen LogP contribution in [0.2, 0.25) is 0 Å². The minimum absolute atomic E-state index is 0.0515. The smallest absolute Gasteiger partial charge is 0.226 e. The molecule has 0 saturated heterocycles. The van der Waals surface area contributed by atoms with Crippen molar-refractivity contribution in [1.82, 2.24) is 10.6 Å². The Morgan fingerprint density at radius 1 is 1.42 bits per heavy atom. The lowest BCUT2D eigenvalue weighted by Crippen LogP contribution is -2.44. The molecule has 2 N–H and O–H groups in total. The molecule has 0 fully saturated rings. The van der Waals surface area contributed by atoms with Crippen LogP contribution in [0.5, 0.6) is 5.75 Å². The Bertz CT molecular complexity index is 432. The van der Waals surface area contributed by atoms with Gasteiger partial charge < -0.3 is 15.4 Å². The molecule has 1 aliphatic heterocycles. The van der Waals surface area contributed by atoms with E-state index in [1.54, 1.807) is 7.05 Å². The highest BCUT2D eigenvalue weighted by Crippen LogP contribution is 2.27. The van der Waals surface area contributed by atoms with Crippen LogP contribution in [-0.4, -0.2) is 32.1 Å². The number of para-hydroxylation sites is 1. The molecule has 0 saturated carbocycles. The highest BCUT2D eigenvalue weighted by atomic mass is 16.5. The van der Waals surface area contributed by atoms with E-state index in [1.165, 1.54) is 5.56 Å². The third-order valence-corrected chi connectivity index (χ3v) is 3.49. The van der Waals surface area contributed by atoms with Gasteiger partial charge in [0.1, 0.15) is 11.9 Å². The quantitative estimate of drug-likeness (QED) is 0.842. The molecular formula is C15H22N2O2. The fraction of sp³-hybridized carbons (Fsp3) is 0.533. The van der Waals surface area contributed by atoms with Crippen LogP contribution < -0.4 is 15.4 Å². The van der Waals surface area contributed by atoms with Gasteiger partial charge in [-0.1, -0.05) is 18.2 Å². The van der Waals surface area contributed by atoms with E-state index in [0.717, 1.165) is 18.7 Å². The van der Waals surface area contributed by atoms with Crippen molar-refractivity contribution >= 4 is 5.91 Å². The van der Waals surface area contributed by atoms with E-state index in [9.17, 15) is 4.79 Å². The molecule has 2 rings (SSSR count). The zero-order chi connectivity index (χ0) is 13.9. The SMILES string of the molecule is CNC(=O)C(C)(C)CNCC1Cc2ccccc2O1. The molecule has 0 aromatic heterocycles. The molecule has 1 aromatic carbocycles. The van der Waals surface area contributed by atoms with Gasteiger partial charge in [-0.05, 0) is 25.5 Å². The monoisotopic (exact) mass is 262 g/mol. The fourth-order valence-electron chi connectivity index (χ4n) is 2.33. The molecule has 1 amide bonds. The molecule has 0 bridgehead atoms. The van der Waals surface area contributed by atoms with Gasteiger partial charge in [0.25, 0.3) is 0 Å².